The molecule has 1 aromatic rings. The minimum Gasteiger partial charge on any atom is -0.506 e. The van der Waals surface area contributed by atoms with Gasteiger partial charge in [-0.25, -0.2) is 0 Å². The molecule has 0 saturated carbocycles. The largest absolute Gasteiger partial charge is 0.506 e. The van der Waals surface area contributed by atoms with E-state index in [0.29, 0.717) is 15.4 Å². The lowest BCUT2D eigenvalue weighted by molar-refractivity contribution is -0.137. The highest BCUT2D eigenvalue weighted by Gasteiger charge is 1.98. The van der Waals surface area contributed by atoms with Gasteiger partial charge in [-0.05, 0) is 50.4 Å². The van der Waals surface area contributed by atoms with Gasteiger partial charge < -0.3 is 10.2 Å². The number of hydrogen-bond acceptors (Lipinski definition) is 2. The molecule has 0 saturated heterocycles. The predicted molar refractivity (Wildman–Crippen MR) is 70.7 cm³/mol. The third-order valence-corrected chi connectivity index (χ3v) is 2.96. The molecule has 0 aliphatic carbocycles. The van der Waals surface area contributed by atoms with Crippen LogP contribution in [0.1, 0.15) is 26.2 Å². The molecule has 5 heteroatoms. The van der Waals surface area contributed by atoms with Crippen LogP contribution in [0, 0.1) is 0 Å². The van der Waals surface area contributed by atoms with E-state index >= 15 is 0 Å². The van der Waals surface area contributed by atoms with Crippen LogP contribution in [-0.4, -0.2) is 16.2 Å². The Morgan fingerprint density at radius 1 is 1.31 bits per heavy atom. The van der Waals surface area contributed by atoms with Gasteiger partial charge >= 0.3 is 5.97 Å². The Hall–Kier alpha value is -0.550. The van der Waals surface area contributed by atoms with E-state index in [1.807, 2.05) is 13.0 Å². The molecule has 90 valence electrons. The van der Waals surface area contributed by atoms with Gasteiger partial charge in [-0.15, -0.1) is 0 Å². The Morgan fingerprint density at radius 2 is 1.81 bits per heavy atom. The maximum absolute atomic E-state index is 9.76. The number of benzene rings is 1. The lowest BCUT2D eigenvalue weighted by Gasteiger charge is -1.96. The zero-order valence-electron chi connectivity index (χ0n) is 8.91. The van der Waals surface area contributed by atoms with Gasteiger partial charge in [0.2, 0.25) is 0 Å². The van der Waals surface area contributed by atoms with Gasteiger partial charge in [-0.3, -0.25) is 4.79 Å². The molecule has 0 heterocycles. The van der Waals surface area contributed by atoms with Gasteiger partial charge in [0.15, 0.2) is 0 Å². The third-order valence-electron chi connectivity index (χ3n) is 1.68. The highest BCUT2D eigenvalue weighted by atomic mass is 79.9. The van der Waals surface area contributed by atoms with Crippen LogP contribution in [-0.2, 0) is 4.79 Å². The molecule has 3 nitrogen and oxygen atoms in total. The number of phenolic OH excluding ortho intramolecular Hbond substituents is 1. The number of para-hydroxylation sites is 1. The van der Waals surface area contributed by atoms with Crippen LogP contribution in [0.3, 0.4) is 0 Å². The molecule has 1 aromatic carbocycles. The molecule has 16 heavy (non-hydrogen) atoms. The molecule has 2 N–H and O–H groups in total. The first-order valence-electron chi connectivity index (χ1n) is 4.83. The molecule has 1 rings (SSSR count). The number of carbonyl (C=O) groups is 1. The summed E-state index contributed by atoms with van der Waals surface area (Å²) in [5.74, 6) is -0.445. The van der Waals surface area contributed by atoms with Crippen LogP contribution in [0.15, 0.2) is 27.1 Å². The SMILES string of the molecule is CCCCC(=O)O.Oc1c(Br)cccc1Br. The van der Waals surface area contributed by atoms with Gasteiger partial charge in [0.1, 0.15) is 5.75 Å². The second kappa shape index (κ2) is 8.58. The second-order valence-electron chi connectivity index (χ2n) is 3.07. The molecule has 0 aromatic heterocycles. The summed E-state index contributed by atoms with van der Waals surface area (Å²) in [6.07, 6.45) is 2.08. The zero-order chi connectivity index (χ0) is 12.6. The van der Waals surface area contributed by atoms with E-state index in [9.17, 15) is 4.79 Å². The molecular weight excluding hydrogens is 340 g/mol. The maximum atomic E-state index is 9.76. The highest BCUT2D eigenvalue weighted by molar-refractivity contribution is 9.11. The minimum atomic E-state index is -0.693. The Labute approximate surface area is 112 Å². The van der Waals surface area contributed by atoms with Crippen molar-refractivity contribution >= 4 is 37.8 Å². The van der Waals surface area contributed by atoms with Crippen molar-refractivity contribution in [3.05, 3.63) is 27.1 Å². The zero-order valence-corrected chi connectivity index (χ0v) is 12.1. The van der Waals surface area contributed by atoms with E-state index < -0.39 is 5.97 Å². The lowest BCUT2D eigenvalue weighted by Crippen LogP contribution is -1.91. The van der Waals surface area contributed by atoms with Gasteiger partial charge in [-0.1, -0.05) is 19.4 Å². The van der Waals surface area contributed by atoms with Gasteiger partial charge in [0, 0.05) is 6.42 Å². The van der Waals surface area contributed by atoms with Gasteiger partial charge in [0.05, 0.1) is 8.95 Å². The number of phenols is 1. The number of aliphatic carboxylic acids is 1. The Balaban J connectivity index is 0.000000293. The van der Waals surface area contributed by atoms with Crippen LogP contribution in [0.5, 0.6) is 5.75 Å². The minimum absolute atomic E-state index is 0.248. The van der Waals surface area contributed by atoms with E-state index in [0.717, 1.165) is 12.8 Å². The summed E-state index contributed by atoms with van der Waals surface area (Å²) in [5.41, 5.74) is 0. The normalized spacial score (nSPS) is 9.19. The van der Waals surface area contributed by atoms with Crippen molar-refractivity contribution in [1.29, 1.82) is 0 Å². The van der Waals surface area contributed by atoms with E-state index in [-0.39, 0.29) is 5.75 Å². The summed E-state index contributed by atoms with van der Waals surface area (Å²) in [5, 5.41) is 17.2. The van der Waals surface area contributed by atoms with Crippen molar-refractivity contribution in [3.63, 3.8) is 0 Å². The number of unbranched alkanes of at least 4 members (excludes halogenated alkanes) is 1. The third kappa shape index (κ3) is 6.85. The predicted octanol–water partition coefficient (Wildman–Crippen LogP) is 4.18. The second-order valence-corrected chi connectivity index (χ2v) is 4.78. The molecule has 0 aliphatic heterocycles. The fraction of sp³-hybridized carbons (Fsp3) is 0.364. The monoisotopic (exact) mass is 352 g/mol. The van der Waals surface area contributed by atoms with Crippen molar-refractivity contribution in [3.8, 4) is 5.75 Å². The first-order chi connectivity index (χ1) is 7.49. The fourth-order valence-electron chi connectivity index (χ4n) is 0.817. The first kappa shape index (κ1) is 15.4. The van der Waals surface area contributed by atoms with Crippen LogP contribution in [0.4, 0.5) is 0 Å². The van der Waals surface area contributed by atoms with Crippen molar-refractivity contribution in [2.75, 3.05) is 0 Å². The molecule has 0 unspecified atom stereocenters. The summed E-state index contributed by atoms with van der Waals surface area (Å²) < 4.78 is 1.41. The van der Waals surface area contributed by atoms with Gasteiger partial charge in [0.25, 0.3) is 0 Å². The average molecular weight is 354 g/mol. The van der Waals surface area contributed by atoms with E-state index in [1.165, 1.54) is 0 Å². The number of rotatable bonds is 3. The van der Waals surface area contributed by atoms with Crippen LogP contribution < -0.4 is 0 Å². The lowest BCUT2D eigenvalue weighted by atomic mass is 10.3. The van der Waals surface area contributed by atoms with Crippen molar-refractivity contribution < 1.29 is 15.0 Å². The fourth-order valence-corrected chi connectivity index (χ4v) is 1.82. The molecule has 0 fully saturated rings. The standard InChI is InChI=1S/C6H4Br2O.C5H10O2/c7-4-2-1-3-5(8)6(4)9;1-2-3-4-5(6)7/h1-3,9H;2-4H2,1H3,(H,6,7). The Morgan fingerprint density at radius 3 is 2.06 bits per heavy atom. The van der Waals surface area contributed by atoms with Crippen LogP contribution in [0.2, 0.25) is 0 Å². The number of hydrogen-bond donors (Lipinski definition) is 2. The number of aromatic hydroxyl groups is 1. The topological polar surface area (TPSA) is 57.5 Å². The van der Waals surface area contributed by atoms with Gasteiger partial charge in [-0.2, -0.15) is 0 Å². The Bertz CT molecular complexity index is 320. The van der Waals surface area contributed by atoms with Crippen molar-refractivity contribution in [2.45, 2.75) is 26.2 Å². The van der Waals surface area contributed by atoms with E-state index in [2.05, 4.69) is 31.9 Å². The highest BCUT2D eigenvalue weighted by Crippen LogP contribution is 2.30. The summed E-state index contributed by atoms with van der Waals surface area (Å²) in [6.45, 7) is 1.98. The molecule has 0 amide bonds. The Kier molecular flexibility index (Phi) is 8.29. The molecular formula is C11H14Br2O3. The summed E-state index contributed by atoms with van der Waals surface area (Å²) >= 11 is 6.33. The molecule has 0 atom stereocenters. The molecule has 0 bridgehead atoms. The smallest absolute Gasteiger partial charge is 0.303 e. The first-order valence-corrected chi connectivity index (χ1v) is 6.42. The van der Waals surface area contributed by atoms with Crippen LogP contribution >= 0.6 is 31.9 Å². The number of carboxylic acids is 1. The molecule has 0 aliphatic rings. The molecule has 0 radical (unpaired) electrons. The van der Waals surface area contributed by atoms with Crippen molar-refractivity contribution in [1.82, 2.24) is 0 Å². The summed E-state index contributed by atoms with van der Waals surface area (Å²) in [7, 11) is 0. The van der Waals surface area contributed by atoms with E-state index in [1.54, 1.807) is 12.1 Å². The quantitative estimate of drug-likeness (QED) is 0.856. The number of halogens is 2. The summed E-state index contributed by atoms with van der Waals surface area (Å²) in [6, 6.07) is 5.40. The van der Waals surface area contributed by atoms with Crippen LogP contribution in [0.25, 0.3) is 0 Å². The average Bonchev–Trinajstić information content (AvgIpc) is 2.24. The van der Waals surface area contributed by atoms with Crippen molar-refractivity contribution in [2.24, 2.45) is 0 Å². The number of carboxylic acid groups (broad SMARTS) is 1. The maximum Gasteiger partial charge on any atom is 0.303 e. The molecule has 0 spiro atoms. The van der Waals surface area contributed by atoms with E-state index in [4.69, 9.17) is 10.2 Å². The summed E-state index contributed by atoms with van der Waals surface area (Å²) in [4.78, 5) is 9.76.